The molecule has 0 unspecified atom stereocenters. The van der Waals surface area contributed by atoms with Crippen molar-refractivity contribution in [1.29, 1.82) is 0 Å². The predicted molar refractivity (Wildman–Crippen MR) is 94.2 cm³/mol. The third-order valence-electron chi connectivity index (χ3n) is 5.11. The number of nitrogens with zero attached hydrogens (tertiary/aromatic N) is 5. The standard InChI is InChI=1S/C18H20N6O2/c1-11-8-22-12(9-21-11)10-24-14-4-6-23(15(14)7-16(24)25)18-13(17(19)26)3-2-5-20-18/h2-3,5,8-9,14-15H,4,6-7,10H2,1H3,(H2,19,26)/t14-,15-/m0/s1. The van der Waals surface area contributed by atoms with E-state index in [0.717, 1.165) is 24.4 Å². The van der Waals surface area contributed by atoms with E-state index >= 15 is 0 Å². The van der Waals surface area contributed by atoms with Crippen molar-refractivity contribution < 1.29 is 9.59 Å². The molecule has 2 aliphatic heterocycles. The summed E-state index contributed by atoms with van der Waals surface area (Å²) >= 11 is 0. The average molecular weight is 352 g/mol. The number of aryl methyl sites for hydroxylation is 1. The van der Waals surface area contributed by atoms with Gasteiger partial charge in [0.25, 0.3) is 5.91 Å². The van der Waals surface area contributed by atoms with Gasteiger partial charge in [0.2, 0.25) is 5.91 Å². The number of pyridine rings is 1. The quantitative estimate of drug-likeness (QED) is 0.866. The van der Waals surface area contributed by atoms with Gasteiger partial charge in [0.05, 0.1) is 41.8 Å². The molecular weight excluding hydrogens is 332 g/mol. The first-order valence-electron chi connectivity index (χ1n) is 8.63. The Morgan fingerprint density at radius 1 is 1.27 bits per heavy atom. The Kier molecular flexibility index (Phi) is 4.02. The van der Waals surface area contributed by atoms with Crippen LogP contribution in [0.1, 0.15) is 34.6 Å². The molecule has 0 radical (unpaired) electrons. The van der Waals surface area contributed by atoms with Crippen LogP contribution >= 0.6 is 0 Å². The minimum atomic E-state index is -0.507. The third kappa shape index (κ3) is 2.77. The van der Waals surface area contributed by atoms with Gasteiger partial charge in [-0.1, -0.05) is 0 Å². The van der Waals surface area contributed by atoms with E-state index in [-0.39, 0.29) is 18.0 Å². The number of anilines is 1. The highest BCUT2D eigenvalue weighted by Gasteiger charge is 2.47. The highest BCUT2D eigenvalue weighted by molar-refractivity contribution is 5.98. The molecule has 0 bridgehead atoms. The second-order valence-corrected chi connectivity index (χ2v) is 6.73. The van der Waals surface area contributed by atoms with Gasteiger partial charge in [-0.2, -0.15) is 0 Å². The Labute approximate surface area is 151 Å². The van der Waals surface area contributed by atoms with Crippen LogP contribution in [0.4, 0.5) is 5.82 Å². The number of nitrogens with two attached hydrogens (primary N) is 1. The lowest BCUT2D eigenvalue weighted by atomic mass is 10.1. The molecule has 4 rings (SSSR count). The van der Waals surface area contributed by atoms with Crippen molar-refractivity contribution in [2.45, 2.75) is 38.4 Å². The number of rotatable bonds is 4. The monoisotopic (exact) mass is 352 g/mol. The molecule has 2 saturated heterocycles. The van der Waals surface area contributed by atoms with Crippen molar-refractivity contribution in [3.8, 4) is 0 Å². The SMILES string of the molecule is Cc1cnc(CN2C(=O)C[C@H]3[C@@H]2CCN3c2ncccc2C(N)=O)cn1. The van der Waals surface area contributed by atoms with Gasteiger partial charge in [0, 0.05) is 25.4 Å². The van der Waals surface area contributed by atoms with E-state index in [1.54, 1.807) is 30.7 Å². The van der Waals surface area contributed by atoms with Gasteiger partial charge in [-0.3, -0.25) is 19.6 Å². The van der Waals surface area contributed by atoms with Crippen LogP contribution in [0, 0.1) is 6.92 Å². The Hall–Kier alpha value is -3.03. The van der Waals surface area contributed by atoms with E-state index in [1.165, 1.54) is 0 Å². The second kappa shape index (κ2) is 6.36. The topological polar surface area (TPSA) is 105 Å². The van der Waals surface area contributed by atoms with E-state index in [2.05, 4.69) is 15.0 Å². The summed E-state index contributed by atoms with van der Waals surface area (Å²) in [5, 5.41) is 0. The fraction of sp³-hybridized carbons (Fsp3) is 0.389. The van der Waals surface area contributed by atoms with Gasteiger partial charge in [-0.15, -0.1) is 0 Å². The minimum Gasteiger partial charge on any atom is -0.365 e. The molecule has 2 atom stereocenters. The molecule has 8 heteroatoms. The van der Waals surface area contributed by atoms with Gasteiger partial charge in [-0.05, 0) is 25.5 Å². The summed E-state index contributed by atoms with van der Waals surface area (Å²) in [6.45, 7) is 3.06. The van der Waals surface area contributed by atoms with Crippen molar-refractivity contribution in [3.63, 3.8) is 0 Å². The van der Waals surface area contributed by atoms with Gasteiger partial charge in [0.1, 0.15) is 5.82 Å². The molecule has 2 N–H and O–H groups in total. The number of carbonyl (C=O) groups is 2. The first kappa shape index (κ1) is 16.4. The van der Waals surface area contributed by atoms with Crippen molar-refractivity contribution in [2.75, 3.05) is 11.4 Å². The largest absolute Gasteiger partial charge is 0.365 e. The summed E-state index contributed by atoms with van der Waals surface area (Å²) in [5.74, 6) is 0.147. The van der Waals surface area contributed by atoms with Crippen LogP contribution in [0.3, 0.4) is 0 Å². The normalized spacial score (nSPS) is 22.0. The summed E-state index contributed by atoms with van der Waals surface area (Å²) in [6.07, 6.45) is 6.29. The highest BCUT2D eigenvalue weighted by atomic mass is 16.2. The summed E-state index contributed by atoms with van der Waals surface area (Å²) in [7, 11) is 0. The molecule has 2 fully saturated rings. The van der Waals surface area contributed by atoms with Crippen LogP contribution in [0.15, 0.2) is 30.7 Å². The van der Waals surface area contributed by atoms with Crippen molar-refractivity contribution in [1.82, 2.24) is 19.9 Å². The van der Waals surface area contributed by atoms with E-state index in [4.69, 9.17) is 5.73 Å². The van der Waals surface area contributed by atoms with E-state index in [1.807, 2.05) is 16.7 Å². The molecule has 0 aromatic carbocycles. The Morgan fingerprint density at radius 2 is 2.12 bits per heavy atom. The van der Waals surface area contributed by atoms with E-state index in [0.29, 0.717) is 24.3 Å². The van der Waals surface area contributed by atoms with Crippen molar-refractivity contribution >= 4 is 17.6 Å². The Balaban J connectivity index is 1.58. The minimum absolute atomic E-state index is 0.00564. The molecule has 0 saturated carbocycles. The number of amides is 2. The smallest absolute Gasteiger partial charge is 0.252 e. The van der Waals surface area contributed by atoms with Crippen molar-refractivity contribution in [3.05, 3.63) is 47.7 Å². The van der Waals surface area contributed by atoms with Crippen LogP contribution in [-0.4, -0.2) is 50.3 Å². The maximum Gasteiger partial charge on any atom is 0.252 e. The number of primary amides is 1. The molecule has 8 nitrogen and oxygen atoms in total. The average Bonchev–Trinajstić information content (AvgIpc) is 3.16. The number of aromatic nitrogens is 3. The zero-order chi connectivity index (χ0) is 18.3. The van der Waals surface area contributed by atoms with Gasteiger partial charge >= 0.3 is 0 Å². The molecular formula is C18H20N6O2. The maximum atomic E-state index is 12.6. The Bertz CT molecular complexity index is 853. The molecule has 2 aliphatic rings. The fourth-order valence-electron chi connectivity index (χ4n) is 3.89. The first-order valence-corrected chi connectivity index (χ1v) is 8.63. The van der Waals surface area contributed by atoms with Gasteiger partial charge in [-0.25, -0.2) is 4.98 Å². The molecule has 26 heavy (non-hydrogen) atoms. The summed E-state index contributed by atoms with van der Waals surface area (Å²) < 4.78 is 0. The molecule has 0 spiro atoms. The molecule has 0 aliphatic carbocycles. The predicted octanol–water partition coefficient (Wildman–Crippen LogP) is 0.659. The van der Waals surface area contributed by atoms with E-state index < -0.39 is 5.91 Å². The van der Waals surface area contributed by atoms with Crippen LogP contribution in [-0.2, 0) is 11.3 Å². The van der Waals surface area contributed by atoms with Gasteiger partial charge in [0.15, 0.2) is 0 Å². The highest BCUT2D eigenvalue weighted by Crippen LogP contribution is 2.36. The zero-order valence-electron chi connectivity index (χ0n) is 14.5. The number of carbonyl (C=O) groups excluding carboxylic acids is 2. The Morgan fingerprint density at radius 3 is 2.85 bits per heavy atom. The first-order chi connectivity index (χ1) is 12.5. The number of fused-ring (bicyclic) bond motifs is 1. The summed E-state index contributed by atoms with van der Waals surface area (Å²) in [6, 6.07) is 3.44. The van der Waals surface area contributed by atoms with Crippen LogP contribution in [0.2, 0.25) is 0 Å². The molecule has 4 heterocycles. The van der Waals surface area contributed by atoms with Crippen LogP contribution in [0.25, 0.3) is 0 Å². The lowest BCUT2D eigenvalue weighted by molar-refractivity contribution is -0.129. The summed E-state index contributed by atoms with van der Waals surface area (Å²) in [5.41, 5.74) is 7.51. The summed E-state index contributed by atoms with van der Waals surface area (Å²) in [4.78, 5) is 41.2. The van der Waals surface area contributed by atoms with Crippen LogP contribution in [0.5, 0.6) is 0 Å². The lowest BCUT2D eigenvalue weighted by Gasteiger charge is -2.26. The zero-order valence-corrected chi connectivity index (χ0v) is 14.5. The maximum absolute atomic E-state index is 12.6. The third-order valence-corrected chi connectivity index (χ3v) is 5.11. The lowest BCUT2D eigenvalue weighted by Crippen LogP contribution is -2.38. The molecule has 134 valence electrons. The van der Waals surface area contributed by atoms with Crippen molar-refractivity contribution in [2.24, 2.45) is 5.73 Å². The molecule has 2 aromatic heterocycles. The number of hydrogen-bond acceptors (Lipinski definition) is 6. The second-order valence-electron chi connectivity index (χ2n) is 6.73. The van der Waals surface area contributed by atoms with Gasteiger partial charge < -0.3 is 15.5 Å². The molecule has 2 amide bonds. The number of likely N-dealkylation sites (tertiary alicyclic amines) is 1. The van der Waals surface area contributed by atoms with E-state index in [9.17, 15) is 9.59 Å². The van der Waals surface area contributed by atoms with Crippen LogP contribution < -0.4 is 10.6 Å². The molecule has 2 aromatic rings. The fourth-order valence-corrected chi connectivity index (χ4v) is 3.89. The number of hydrogen-bond donors (Lipinski definition) is 1.